The van der Waals surface area contributed by atoms with Crippen molar-refractivity contribution < 1.29 is 4.79 Å². The average Bonchev–Trinajstić information content (AvgIpc) is 2.54. The van der Waals surface area contributed by atoms with Crippen molar-refractivity contribution in [1.29, 1.82) is 0 Å². The van der Waals surface area contributed by atoms with E-state index in [-0.39, 0.29) is 5.91 Å². The Balaban J connectivity index is 1.91. The SMILES string of the molecule is CCCNc1cnccc1C(=O)NCCc1cccnc1. The second kappa shape index (κ2) is 7.99. The summed E-state index contributed by atoms with van der Waals surface area (Å²) in [4.78, 5) is 20.3. The van der Waals surface area contributed by atoms with Gasteiger partial charge in [0.2, 0.25) is 0 Å². The van der Waals surface area contributed by atoms with E-state index in [9.17, 15) is 4.79 Å². The molecule has 0 radical (unpaired) electrons. The summed E-state index contributed by atoms with van der Waals surface area (Å²) in [6.45, 7) is 3.48. The monoisotopic (exact) mass is 284 g/mol. The van der Waals surface area contributed by atoms with E-state index in [1.54, 1.807) is 24.7 Å². The molecule has 0 atom stereocenters. The molecule has 2 N–H and O–H groups in total. The zero-order valence-corrected chi connectivity index (χ0v) is 12.2. The number of carbonyl (C=O) groups excluding carboxylic acids is 1. The summed E-state index contributed by atoms with van der Waals surface area (Å²) in [7, 11) is 0. The van der Waals surface area contributed by atoms with Crippen LogP contribution in [-0.4, -0.2) is 29.0 Å². The first-order valence-corrected chi connectivity index (χ1v) is 7.16. The van der Waals surface area contributed by atoms with Crippen LogP contribution in [-0.2, 0) is 6.42 Å². The standard InChI is InChI=1S/C16H20N4O/c1-2-7-19-15-12-18-9-6-14(15)16(21)20-10-5-13-4-3-8-17-11-13/h3-4,6,8-9,11-12,19H,2,5,7,10H2,1H3,(H,20,21). The number of nitrogens with one attached hydrogen (secondary N) is 2. The van der Waals surface area contributed by atoms with Gasteiger partial charge in [-0.2, -0.15) is 0 Å². The maximum Gasteiger partial charge on any atom is 0.253 e. The number of pyridine rings is 2. The molecule has 0 fully saturated rings. The van der Waals surface area contributed by atoms with Gasteiger partial charge in [0.15, 0.2) is 0 Å². The number of nitrogens with zero attached hydrogens (tertiary/aromatic N) is 2. The molecule has 110 valence electrons. The minimum atomic E-state index is -0.0834. The van der Waals surface area contributed by atoms with Crippen LogP contribution in [0.5, 0.6) is 0 Å². The van der Waals surface area contributed by atoms with E-state index < -0.39 is 0 Å². The highest BCUT2D eigenvalue weighted by Crippen LogP contribution is 2.13. The third-order valence-corrected chi connectivity index (χ3v) is 3.05. The smallest absolute Gasteiger partial charge is 0.253 e. The van der Waals surface area contributed by atoms with Crippen LogP contribution in [0, 0.1) is 0 Å². The summed E-state index contributed by atoms with van der Waals surface area (Å²) in [6, 6.07) is 5.63. The number of aromatic nitrogens is 2. The molecule has 2 heterocycles. The molecule has 0 saturated carbocycles. The molecule has 0 aromatic carbocycles. The lowest BCUT2D eigenvalue weighted by atomic mass is 10.2. The third-order valence-electron chi connectivity index (χ3n) is 3.05. The minimum Gasteiger partial charge on any atom is -0.383 e. The molecule has 2 aromatic heterocycles. The van der Waals surface area contributed by atoms with Crippen LogP contribution in [0.1, 0.15) is 29.3 Å². The fourth-order valence-corrected chi connectivity index (χ4v) is 1.95. The van der Waals surface area contributed by atoms with Crippen LogP contribution in [0.3, 0.4) is 0 Å². The molecule has 2 rings (SSSR count). The molecule has 0 spiro atoms. The average molecular weight is 284 g/mol. The van der Waals surface area contributed by atoms with Crippen LogP contribution >= 0.6 is 0 Å². The highest BCUT2D eigenvalue weighted by Gasteiger charge is 2.10. The summed E-state index contributed by atoms with van der Waals surface area (Å²) in [6.07, 6.45) is 8.63. The maximum absolute atomic E-state index is 12.2. The molecule has 5 heteroatoms. The number of anilines is 1. The molecular weight excluding hydrogens is 264 g/mol. The summed E-state index contributed by atoms with van der Waals surface area (Å²) < 4.78 is 0. The normalized spacial score (nSPS) is 10.1. The van der Waals surface area contributed by atoms with Gasteiger partial charge in [-0.15, -0.1) is 0 Å². The van der Waals surface area contributed by atoms with Gasteiger partial charge in [0, 0.05) is 31.7 Å². The Kier molecular flexibility index (Phi) is 5.70. The molecule has 1 amide bonds. The zero-order chi connectivity index (χ0) is 14.9. The lowest BCUT2D eigenvalue weighted by molar-refractivity contribution is 0.0955. The Morgan fingerprint density at radius 3 is 2.76 bits per heavy atom. The number of amides is 1. The van der Waals surface area contributed by atoms with E-state index in [1.165, 1.54) is 0 Å². The first-order valence-electron chi connectivity index (χ1n) is 7.16. The molecule has 0 aliphatic carbocycles. The lowest BCUT2D eigenvalue weighted by Gasteiger charge is -2.11. The lowest BCUT2D eigenvalue weighted by Crippen LogP contribution is -2.26. The second-order valence-corrected chi connectivity index (χ2v) is 4.72. The van der Waals surface area contributed by atoms with Crippen molar-refractivity contribution in [2.45, 2.75) is 19.8 Å². The van der Waals surface area contributed by atoms with Gasteiger partial charge in [-0.25, -0.2) is 0 Å². The Labute approximate surface area is 124 Å². The Hall–Kier alpha value is -2.43. The van der Waals surface area contributed by atoms with Crippen molar-refractivity contribution in [2.75, 3.05) is 18.4 Å². The van der Waals surface area contributed by atoms with Gasteiger partial charge in [0.05, 0.1) is 17.4 Å². The number of hydrogen-bond donors (Lipinski definition) is 2. The molecule has 21 heavy (non-hydrogen) atoms. The van der Waals surface area contributed by atoms with Gasteiger partial charge in [0.1, 0.15) is 0 Å². The van der Waals surface area contributed by atoms with Gasteiger partial charge in [-0.05, 0) is 30.5 Å². The summed E-state index contributed by atoms with van der Waals surface area (Å²) in [5, 5.41) is 6.15. The van der Waals surface area contributed by atoms with Crippen LogP contribution < -0.4 is 10.6 Å². The summed E-state index contributed by atoms with van der Waals surface area (Å²) in [5.74, 6) is -0.0834. The van der Waals surface area contributed by atoms with E-state index in [2.05, 4.69) is 27.5 Å². The van der Waals surface area contributed by atoms with E-state index in [4.69, 9.17) is 0 Å². The van der Waals surface area contributed by atoms with Gasteiger partial charge in [-0.1, -0.05) is 13.0 Å². The molecule has 0 bridgehead atoms. The van der Waals surface area contributed by atoms with E-state index in [1.807, 2.05) is 18.3 Å². The Morgan fingerprint density at radius 2 is 2.00 bits per heavy atom. The van der Waals surface area contributed by atoms with Crippen molar-refractivity contribution >= 4 is 11.6 Å². The Morgan fingerprint density at radius 1 is 1.14 bits per heavy atom. The van der Waals surface area contributed by atoms with E-state index >= 15 is 0 Å². The zero-order valence-electron chi connectivity index (χ0n) is 12.2. The minimum absolute atomic E-state index is 0.0834. The fourth-order valence-electron chi connectivity index (χ4n) is 1.95. The summed E-state index contributed by atoms with van der Waals surface area (Å²) >= 11 is 0. The quantitative estimate of drug-likeness (QED) is 0.818. The molecule has 0 unspecified atom stereocenters. The predicted octanol–water partition coefficient (Wildman–Crippen LogP) is 2.27. The van der Waals surface area contributed by atoms with Gasteiger partial charge in [0.25, 0.3) is 5.91 Å². The highest BCUT2D eigenvalue weighted by molar-refractivity contribution is 5.99. The number of carbonyl (C=O) groups is 1. The van der Waals surface area contributed by atoms with Crippen molar-refractivity contribution in [3.05, 3.63) is 54.1 Å². The van der Waals surface area contributed by atoms with E-state index in [0.29, 0.717) is 12.1 Å². The fraction of sp³-hybridized carbons (Fsp3) is 0.312. The predicted molar refractivity (Wildman–Crippen MR) is 83.3 cm³/mol. The first kappa shape index (κ1) is 15.0. The first-order chi connectivity index (χ1) is 10.3. The second-order valence-electron chi connectivity index (χ2n) is 4.72. The number of rotatable bonds is 7. The van der Waals surface area contributed by atoms with Crippen molar-refractivity contribution in [3.8, 4) is 0 Å². The topological polar surface area (TPSA) is 66.9 Å². The molecule has 0 aliphatic heterocycles. The van der Waals surface area contributed by atoms with Gasteiger partial charge in [-0.3, -0.25) is 14.8 Å². The molecule has 5 nitrogen and oxygen atoms in total. The van der Waals surface area contributed by atoms with Crippen LogP contribution in [0.15, 0.2) is 43.0 Å². The summed E-state index contributed by atoms with van der Waals surface area (Å²) in [5.41, 5.74) is 2.51. The Bertz CT molecular complexity index is 571. The van der Waals surface area contributed by atoms with Crippen LogP contribution in [0.25, 0.3) is 0 Å². The molecule has 0 aliphatic rings. The number of hydrogen-bond acceptors (Lipinski definition) is 4. The molecule has 2 aromatic rings. The van der Waals surface area contributed by atoms with Gasteiger partial charge >= 0.3 is 0 Å². The third kappa shape index (κ3) is 4.56. The molecular formula is C16H20N4O. The van der Waals surface area contributed by atoms with Crippen molar-refractivity contribution in [3.63, 3.8) is 0 Å². The van der Waals surface area contributed by atoms with Crippen molar-refractivity contribution in [1.82, 2.24) is 15.3 Å². The van der Waals surface area contributed by atoms with E-state index in [0.717, 1.165) is 30.6 Å². The largest absolute Gasteiger partial charge is 0.383 e. The maximum atomic E-state index is 12.2. The molecule has 0 saturated heterocycles. The highest BCUT2D eigenvalue weighted by atomic mass is 16.1. The van der Waals surface area contributed by atoms with Crippen LogP contribution in [0.4, 0.5) is 5.69 Å². The van der Waals surface area contributed by atoms with Crippen molar-refractivity contribution in [2.24, 2.45) is 0 Å². The van der Waals surface area contributed by atoms with Gasteiger partial charge < -0.3 is 10.6 Å². The van der Waals surface area contributed by atoms with Crippen LogP contribution in [0.2, 0.25) is 0 Å².